The zero-order valence-corrected chi connectivity index (χ0v) is 48.5. The molecule has 446 valence electrons. The Labute approximate surface area is 498 Å². The summed E-state index contributed by atoms with van der Waals surface area (Å²) >= 11 is 5.68. The van der Waals surface area contributed by atoms with Gasteiger partial charge in [0.25, 0.3) is 0 Å². The number of alkyl halides is 1. The molecule has 0 radical (unpaired) electrons. The Morgan fingerprint density at radius 3 is 1.51 bits per heavy atom. The highest BCUT2D eigenvalue weighted by atomic mass is 35.5. The standard InChI is InChI=1S/C19H21ClFNO2.C19H20FNO2.C19H22FNO.C12H16FNO/c20-13-19(24)22(14-16-4-2-1-3-5-16)11-10-18(23)12-15-6-8-17(21)9-7-15;20-17-8-6-15(7-9-17)12-18-10-11-21(19(22)14-23-18)13-16-4-2-1-3-5-16;20-18-8-6-16(7-9-18)14-19-10-11-21(12-13-22-19)15-17-4-2-1-3-5-17;13-11-3-1-10(2-4-11)9-12-5-6-14-7-8-15-12/h1-9,18,23H,10-14H2;1-9,18H,10-14H2;1-9,19H,10-15H2;1-4,12,14H,5-9H2. The number of hydrogen-bond donors (Lipinski definition) is 2. The second-order valence-electron chi connectivity index (χ2n) is 21.3. The lowest BCUT2D eigenvalue weighted by atomic mass is 10.1. The molecular formula is C69H79ClF4N4O6. The normalized spacial score (nSPS) is 17.7. The summed E-state index contributed by atoms with van der Waals surface area (Å²) in [6.07, 6.45) is 6.02. The summed E-state index contributed by atoms with van der Waals surface area (Å²) < 4.78 is 68.9. The van der Waals surface area contributed by atoms with Gasteiger partial charge in [-0.1, -0.05) is 140 Å². The first kappa shape index (κ1) is 64.8. The molecule has 3 aliphatic rings. The molecule has 0 saturated carbocycles. The number of rotatable bonds is 18. The Hall–Kier alpha value is -6.75. The quantitative estimate of drug-likeness (QED) is 0.0647. The van der Waals surface area contributed by atoms with Crippen molar-refractivity contribution >= 4 is 23.4 Å². The van der Waals surface area contributed by atoms with E-state index in [1.165, 1.54) is 54.1 Å². The Bertz CT molecular complexity index is 2930. The van der Waals surface area contributed by atoms with Crippen LogP contribution in [-0.2, 0) is 69.1 Å². The fourth-order valence-corrected chi connectivity index (χ4v) is 10.2. The van der Waals surface area contributed by atoms with Gasteiger partial charge in [0.15, 0.2) is 0 Å². The van der Waals surface area contributed by atoms with E-state index in [-0.39, 0.29) is 65.9 Å². The second kappa shape index (κ2) is 36.2. The number of aliphatic hydroxyl groups is 1. The van der Waals surface area contributed by atoms with Crippen molar-refractivity contribution in [1.29, 1.82) is 0 Å². The van der Waals surface area contributed by atoms with Gasteiger partial charge in [0.2, 0.25) is 11.8 Å². The number of ether oxygens (including phenoxy) is 3. The van der Waals surface area contributed by atoms with E-state index in [2.05, 4.69) is 34.5 Å². The maximum atomic E-state index is 13.0. The molecule has 4 unspecified atom stereocenters. The van der Waals surface area contributed by atoms with Crippen LogP contribution < -0.4 is 5.32 Å². The molecule has 3 aliphatic heterocycles. The van der Waals surface area contributed by atoms with Gasteiger partial charge < -0.3 is 34.4 Å². The molecule has 0 bridgehead atoms. The maximum absolute atomic E-state index is 13.0. The van der Waals surface area contributed by atoms with Gasteiger partial charge in [0.05, 0.1) is 37.6 Å². The Balaban J connectivity index is 0.000000163. The van der Waals surface area contributed by atoms with Crippen LogP contribution in [0.1, 0.15) is 64.6 Å². The molecule has 7 aromatic carbocycles. The van der Waals surface area contributed by atoms with Crippen LogP contribution in [0.3, 0.4) is 0 Å². The van der Waals surface area contributed by atoms with Gasteiger partial charge >= 0.3 is 0 Å². The molecule has 10 rings (SSSR count). The summed E-state index contributed by atoms with van der Waals surface area (Å²) in [5.74, 6) is -1.11. The van der Waals surface area contributed by atoms with Gasteiger partial charge in [-0.2, -0.15) is 0 Å². The molecule has 0 aromatic heterocycles. The highest BCUT2D eigenvalue weighted by Gasteiger charge is 2.24. The summed E-state index contributed by atoms with van der Waals surface area (Å²) in [5.41, 5.74) is 7.66. The van der Waals surface area contributed by atoms with Crippen LogP contribution in [0.25, 0.3) is 0 Å². The number of carbonyl (C=O) groups excluding carboxylic acids is 2. The minimum atomic E-state index is -0.600. The number of halogens is 5. The van der Waals surface area contributed by atoms with E-state index in [1.807, 2.05) is 95.9 Å². The van der Waals surface area contributed by atoms with E-state index in [1.54, 1.807) is 29.2 Å². The first-order valence-corrected chi connectivity index (χ1v) is 29.6. The third kappa shape index (κ3) is 24.5. The number of carbonyl (C=O) groups is 2. The van der Waals surface area contributed by atoms with Crippen LogP contribution in [0, 0.1) is 23.3 Å². The van der Waals surface area contributed by atoms with Crippen molar-refractivity contribution in [3.05, 3.63) is 250 Å². The van der Waals surface area contributed by atoms with Crippen LogP contribution in [0.5, 0.6) is 0 Å². The highest BCUT2D eigenvalue weighted by Crippen LogP contribution is 2.19. The highest BCUT2D eigenvalue weighted by molar-refractivity contribution is 6.27. The predicted octanol–water partition coefficient (Wildman–Crippen LogP) is 12.0. The summed E-state index contributed by atoms with van der Waals surface area (Å²) in [6, 6.07) is 56.1. The number of nitrogens with zero attached hydrogens (tertiary/aromatic N) is 3. The number of aliphatic hydroxyl groups excluding tert-OH is 1. The molecule has 3 heterocycles. The molecule has 4 atom stereocenters. The minimum Gasteiger partial charge on any atom is -0.393 e. The van der Waals surface area contributed by atoms with Crippen LogP contribution in [-0.4, -0.2) is 121 Å². The van der Waals surface area contributed by atoms with E-state index in [9.17, 15) is 32.3 Å². The maximum Gasteiger partial charge on any atom is 0.248 e. The van der Waals surface area contributed by atoms with Gasteiger partial charge in [-0.05, 0) is 145 Å². The van der Waals surface area contributed by atoms with E-state index < -0.39 is 6.10 Å². The lowest BCUT2D eigenvalue weighted by Gasteiger charge is -2.23. The monoisotopic (exact) mass is 1170 g/mol. The van der Waals surface area contributed by atoms with Gasteiger partial charge in [-0.25, -0.2) is 17.6 Å². The molecular weight excluding hydrogens is 1090 g/mol. The Morgan fingerprint density at radius 2 is 0.988 bits per heavy atom. The second-order valence-corrected chi connectivity index (χ2v) is 21.6. The topological polar surface area (TPSA) is 104 Å². The summed E-state index contributed by atoms with van der Waals surface area (Å²) in [4.78, 5) is 30.1. The number of nitrogens with one attached hydrogen (secondary N) is 1. The SMILES string of the molecule is Fc1ccc(CC2CCN(Cc3ccccc3)CCO2)cc1.Fc1ccc(CC2CCNCCO2)cc1.O=C(CCl)N(CCC(O)Cc1ccc(F)cc1)Cc1ccccc1.O=C1COC(Cc2ccc(F)cc2)CCN1Cc1ccccc1. The molecule has 0 spiro atoms. The Morgan fingerprint density at radius 1 is 0.536 bits per heavy atom. The van der Waals surface area contributed by atoms with Crippen molar-refractivity contribution < 1.29 is 46.5 Å². The van der Waals surface area contributed by atoms with Crippen molar-refractivity contribution in [3.63, 3.8) is 0 Å². The van der Waals surface area contributed by atoms with E-state index in [4.69, 9.17) is 25.8 Å². The molecule has 10 nitrogen and oxygen atoms in total. The fourth-order valence-electron chi connectivity index (χ4n) is 10.0. The number of amides is 2. The zero-order chi connectivity index (χ0) is 59.1. The lowest BCUT2D eigenvalue weighted by Crippen LogP contribution is -2.34. The number of benzene rings is 7. The smallest absolute Gasteiger partial charge is 0.248 e. The van der Waals surface area contributed by atoms with Crippen LogP contribution in [0.4, 0.5) is 17.6 Å². The summed E-state index contributed by atoms with van der Waals surface area (Å²) in [5, 5.41) is 13.5. The van der Waals surface area contributed by atoms with Gasteiger partial charge in [-0.3, -0.25) is 14.5 Å². The largest absolute Gasteiger partial charge is 0.393 e. The summed E-state index contributed by atoms with van der Waals surface area (Å²) in [7, 11) is 0. The molecule has 84 heavy (non-hydrogen) atoms. The van der Waals surface area contributed by atoms with Gasteiger partial charge in [0, 0.05) is 52.4 Å². The first-order chi connectivity index (χ1) is 40.9. The molecule has 2 amide bonds. The number of hydrogen-bond acceptors (Lipinski definition) is 8. The average molecular weight is 1170 g/mol. The molecule has 7 aromatic rings. The fraction of sp³-hybridized carbons (Fsp3) is 0.362. The molecule has 2 N–H and O–H groups in total. The third-order valence-electron chi connectivity index (χ3n) is 14.7. The van der Waals surface area contributed by atoms with E-state index in [0.29, 0.717) is 45.4 Å². The molecule has 3 fully saturated rings. The van der Waals surface area contributed by atoms with Crippen molar-refractivity contribution in [2.45, 2.75) is 95.4 Å². The predicted molar refractivity (Wildman–Crippen MR) is 323 cm³/mol. The van der Waals surface area contributed by atoms with Crippen molar-refractivity contribution in [2.24, 2.45) is 0 Å². The third-order valence-corrected chi connectivity index (χ3v) is 14.9. The summed E-state index contributed by atoms with van der Waals surface area (Å²) in [6.45, 7) is 8.75. The van der Waals surface area contributed by atoms with Crippen molar-refractivity contribution in [3.8, 4) is 0 Å². The van der Waals surface area contributed by atoms with Crippen LogP contribution in [0.15, 0.2) is 188 Å². The molecule has 0 aliphatic carbocycles. The molecule has 15 heteroatoms. The first-order valence-electron chi connectivity index (χ1n) is 29.1. The average Bonchev–Trinajstić information content (AvgIpc) is 3.99. The lowest BCUT2D eigenvalue weighted by molar-refractivity contribution is -0.135. The molecule has 3 saturated heterocycles. The van der Waals surface area contributed by atoms with Gasteiger partial charge in [0.1, 0.15) is 35.8 Å². The minimum absolute atomic E-state index is 0.00909. The van der Waals surface area contributed by atoms with Crippen molar-refractivity contribution in [2.75, 3.05) is 65.0 Å². The zero-order valence-electron chi connectivity index (χ0n) is 47.8. The van der Waals surface area contributed by atoms with Crippen molar-refractivity contribution in [1.82, 2.24) is 20.0 Å². The van der Waals surface area contributed by atoms with Crippen LogP contribution >= 0.6 is 11.6 Å². The van der Waals surface area contributed by atoms with Gasteiger partial charge in [-0.15, -0.1) is 11.6 Å². The van der Waals surface area contributed by atoms with Crippen LogP contribution in [0.2, 0.25) is 0 Å². The van der Waals surface area contributed by atoms with E-state index in [0.717, 1.165) is 111 Å². The Kier molecular flexibility index (Phi) is 27.9. The van der Waals surface area contributed by atoms with E-state index >= 15 is 0 Å².